The summed E-state index contributed by atoms with van der Waals surface area (Å²) in [5.41, 5.74) is 1.92. The molecule has 0 radical (unpaired) electrons. The van der Waals surface area contributed by atoms with Gasteiger partial charge in [-0.1, -0.05) is 18.2 Å². The van der Waals surface area contributed by atoms with Crippen molar-refractivity contribution in [3.63, 3.8) is 0 Å². The van der Waals surface area contributed by atoms with Crippen LogP contribution in [0, 0.1) is 0 Å². The number of benzene rings is 1. The molecule has 1 saturated carbocycles. The standard InChI is InChI=1S/C22H25N5O4S2/c1-26(32(2,28)29)15-8-10-16(11-9-15)27-20-18-12-13-23-21(18)24-14-19(20)25-22(27)33(30,31)17-6-4-3-5-7-17/h3-7,12-16H,8-11H2,1-2H3,(H,23,24). The minimum Gasteiger partial charge on any atom is -0.346 e. The molecule has 0 amide bonds. The molecule has 0 spiro atoms. The van der Waals surface area contributed by atoms with Crippen molar-refractivity contribution in [2.24, 2.45) is 0 Å². The Bertz CT molecular complexity index is 1530. The molecule has 0 bridgehead atoms. The Morgan fingerprint density at radius 1 is 1.03 bits per heavy atom. The summed E-state index contributed by atoms with van der Waals surface area (Å²) in [4.78, 5) is 12.2. The van der Waals surface area contributed by atoms with E-state index < -0.39 is 19.9 Å². The third-order valence-corrected chi connectivity index (χ3v) is 9.57. The lowest BCUT2D eigenvalue weighted by molar-refractivity contribution is 0.234. The summed E-state index contributed by atoms with van der Waals surface area (Å²) < 4.78 is 54.5. The van der Waals surface area contributed by atoms with Crippen LogP contribution in [0.5, 0.6) is 0 Å². The van der Waals surface area contributed by atoms with E-state index in [1.807, 2.05) is 10.6 Å². The molecule has 11 heteroatoms. The average molecular weight is 488 g/mol. The second-order valence-corrected chi connectivity index (χ2v) is 12.4. The predicted octanol–water partition coefficient (Wildman–Crippen LogP) is 3.12. The zero-order chi connectivity index (χ0) is 23.4. The number of aromatic amines is 1. The van der Waals surface area contributed by atoms with Crippen molar-refractivity contribution in [1.29, 1.82) is 0 Å². The van der Waals surface area contributed by atoms with Crippen molar-refractivity contribution in [1.82, 2.24) is 23.8 Å². The van der Waals surface area contributed by atoms with Gasteiger partial charge >= 0.3 is 0 Å². The van der Waals surface area contributed by atoms with Gasteiger partial charge in [0.1, 0.15) is 11.2 Å². The number of imidazole rings is 1. The molecule has 0 saturated heterocycles. The van der Waals surface area contributed by atoms with Crippen LogP contribution < -0.4 is 0 Å². The van der Waals surface area contributed by atoms with E-state index in [1.165, 1.54) is 10.6 Å². The maximum absolute atomic E-state index is 13.6. The highest BCUT2D eigenvalue weighted by Gasteiger charge is 2.34. The van der Waals surface area contributed by atoms with E-state index >= 15 is 0 Å². The quantitative estimate of drug-likeness (QED) is 0.462. The molecule has 9 nitrogen and oxygen atoms in total. The van der Waals surface area contributed by atoms with Gasteiger partial charge in [0.15, 0.2) is 0 Å². The van der Waals surface area contributed by atoms with Gasteiger partial charge in [-0.15, -0.1) is 0 Å². The lowest BCUT2D eigenvalue weighted by atomic mass is 9.91. The Labute approximate surface area is 192 Å². The van der Waals surface area contributed by atoms with Crippen molar-refractivity contribution < 1.29 is 16.8 Å². The molecule has 33 heavy (non-hydrogen) atoms. The molecule has 1 N–H and O–H groups in total. The number of aromatic nitrogens is 4. The van der Waals surface area contributed by atoms with Gasteiger partial charge in [-0.2, -0.15) is 0 Å². The van der Waals surface area contributed by atoms with Gasteiger partial charge in [-0.3, -0.25) is 0 Å². The number of sulfonamides is 1. The first kappa shape index (κ1) is 22.1. The molecule has 174 valence electrons. The summed E-state index contributed by atoms with van der Waals surface area (Å²) in [6.07, 6.45) is 7.14. The second kappa shape index (κ2) is 7.93. The van der Waals surface area contributed by atoms with Crippen LogP contribution >= 0.6 is 0 Å². The zero-order valence-corrected chi connectivity index (χ0v) is 20.0. The van der Waals surface area contributed by atoms with E-state index in [0.717, 1.165) is 10.9 Å². The molecule has 0 unspecified atom stereocenters. The van der Waals surface area contributed by atoms with Gasteiger partial charge in [0.25, 0.3) is 0 Å². The summed E-state index contributed by atoms with van der Waals surface area (Å²) in [5, 5.41) is 0.809. The normalized spacial score (nSPS) is 20.1. The number of rotatable bonds is 5. The zero-order valence-electron chi connectivity index (χ0n) is 18.3. The number of hydrogen-bond donors (Lipinski definition) is 1. The fourth-order valence-electron chi connectivity index (χ4n) is 4.76. The minimum atomic E-state index is -3.88. The van der Waals surface area contributed by atoms with Gasteiger partial charge in [0.2, 0.25) is 25.0 Å². The molecule has 4 aromatic rings. The van der Waals surface area contributed by atoms with Gasteiger partial charge in [-0.05, 0) is 43.9 Å². The van der Waals surface area contributed by atoms with Crippen LogP contribution in [0.1, 0.15) is 31.7 Å². The van der Waals surface area contributed by atoms with Crippen LogP contribution in [0.2, 0.25) is 0 Å². The largest absolute Gasteiger partial charge is 0.346 e. The SMILES string of the molecule is CN(C1CCC(n2c(S(=O)(=O)c3ccccc3)nc3cnc4[nH]ccc4c32)CC1)S(C)(=O)=O. The minimum absolute atomic E-state index is 0.000817. The van der Waals surface area contributed by atoms with Crippen molar-refractivity contribution >= 4 is 41.9 Å². The van der Waals surface area contributed by atoms with Crippen LogP contribution in [-0.4, -0.2) is 60.0 Å². The molecule has 5 rings (SSSR count). The van der Waals surface area contributed by atoms with E-state index in [1.54, 1.807) is 49.8 Å². The first-order valence-corrected chi connectivity index (χ1v) is 14.1. The smallest absolute Gasteiger partial charge is 0.240 e. The molecule has 0 aliphatic heterocycles. The average Bonchev–Trinajstić information content (AvgIpc) is 3.43. The number of pyridine rings is 1. The lowest BCUT2D eigenvalue weighted by Gasteiger charge is -2.34. The van der Waals surface area contributed by atoms with E-state index in [4.69, 9.17) is 0 Å². The molecule has 1 aromatic carbocycles. The van der Waals surface area contributed by atoms with Gasteiger partial charge in [0.05, 0.1) is 22.9 Å². The lowest BCUT2D eigenvalue weighted by Crippen LogP contribution is -2.39. The van der Waals surface area contributed by atoms with Crippen molar-refractivity contribution in [3.8, 4) is 0 Å². The highest BCUT2D eigenvalue weighted by Crippen LogP contribution is 2.38. The van der Waals surface area contributed by atoms with Gasteiger partial charge < -0.3 is 9.55 Å². The number of hydrogen-bond acceptors (Lipinski definition) is 6. The number of nitrogens with one attached hydrogen (secondary N) is 1. The molecule has 3 aromatic heterocycles. The fraction of sp³-hybridized carbons (Fsp3) is 0.364. The molecule has 3 heterocycles. The monoisotopic (exact) mass is 487 g/mol. The molecular weight excluding hydrogens is 462 g/mol. The van der Waals surface area contributed by atoms with Crippen LogP contribution in [-0.2, 0) is 19.9 Å². The van der Waals surface area contributed by atoms with Gasteiger partial charge in [-0.25, -0.2) is 31.1 Å². The summed E-state index contributed by atoms with van der Waals surface area (Å²) in [5.74, 6) is 0. The number of H-pyrrole nitrogens is 1. The Balaban J connectivity index is 1.65. The van der Waals surface area contributed by atoms with Crippen LogP contribution in [0.3, 0.4) is 0 Å². The topological polar surface area (TPSA) is 118 Å². The Morgan fingerprint density at radius 2 is 1.73 bits per heavy atom. The Kier molecular flexibility index (Phi) is 5.30. The first-order valence-electron chi connectivity index (χ1n) is 10.7. The summed E-state index contributed by atoms with van der Waals surface area (Å²) in [6.45, 7) is 0. The van der Waals surface area contributed by atoms with Crippen LogP contribution in [0.4, 0.5) is 0 Å². The number of sulfone groups is 1. The second-order valence-electron chi connectivity index (χ2n) is 8.55. The summed E-state index contributed by atoms with van der Waals surface area (Å²) in [6, 6.07) is 9.94. The Hall–Kier alpha value is -2.76. The van der Waals surface area contributed by atoms with Crippen LogP contribution in [0.15, 0.2) is 58.8 Å². The van der Waals surface area contributed by atoms with E-state index in [-0.39, 0.29) is 22.1 Å². The summed E-state index contributed by atoms with van der Waals surface area (Å²) in [7, 11) is -5.56. The Morgan fingerprint density at radius 3 is 2.39 bits per heavy atom. The first-order chi connectivity index (χ1) is 15.7. The fourth-order valence-corrected chi connectivity index (χ4v) is 6.95. The number of fused-ring (bicyclic) bond motifs is 3. The molecule has 0 atom stereocenters. The highest BCUT2D eigenvalue weighted by molar-refractivity contribution is 7.91. The predicted molar refractivity (Wildman–Crippen MR) is 125 cm³/mol. The molecule has 1 aliphatic rings. The molecule has 1 aliphatic carbocycles. The summed E-state index contributed by atoms with van der Waals surface area (Å²) >= 11 is 0. The van der Waals surface area contributed by atoms with Crippen molar-refractivity contribution in [2.45, 2.75) is 47.8 Å². The van der Waals surface area contributed by atoms with Crippen molar-refractivity contribution in [3.05, 3.63) is 48.8 Å². The molecule has 1 fully saturated rings. The van der Waals surface area contributed by atoms with Crippen LogP contribution in [0.25, 0.3) is 22.1 Å². The maximum atomic E-state index is 13.6. The third-order valence-electron chi connectivity index (χ3n) is 6.56. The number of nitrogens with zero attached hydrogens (tertiary/aromatic N) is 4. The van der Waals surface area contributed by atoms with E-state index in [0.29, 0.717) is 36.8 Å². The highest BCUT2D eigenvalue weighted by atomic mass is 32.2. The third kappa shape index (κ3) is 3.73. The van der Waals surface area contributed by atoms with Gasteiger partial charge in [0, 0.05) is 30.7 Å². The molecular formula is C22H25N5O4S2. The maximum Gasteiger partial charge on any atom is 0.240 e. The van der Waals surface area contributed by atoms with E-state index in [9.17, 15) is 16.8 Å². The van der Waals surface area contributed by atoms with Crippen molar-refractivity contribution in [2.75, 3.05) is 13.3 Å². The van der Waals surface area contributed by atoms with E-state index in [2.05, 4.69) is 15.0 Å².